The highest BCUT2D eigenvalue weighted by Gasteiger charge is 2.27. The van der Waals surface area contributed by atoms with E-state index in [9.17, 15) is 4.79 Å². The number of carbonyl (C=O) groups excluding carboxylic acids is 1. The van der Waals surface area contributed by atoms with E-state index in [0.29, 0.717) is 12.5 Å². The Morgan fingerprint density at radius 3 is 2.39 bits per heavy atom. The molecule has 162 valence electrons. The predicted octanol–water partition coefficient (Wildman–Crippen LogP) is 4.87. The van der Waals surface area contributed by atoms with Crippen LogP contribution < -0.4 is 10.2 Å². The number of imidazole rings is 1. The minimum Gasteiger partial charge on any atom is -0.353 e. The molecule has 1 aromatic heterocycles. The fraction of sp³-hybridized carbons (Fsp3) is 0.462. The zero-order valence-electron chi connectivity index (χ0n) is 18.2. The molecule has 1 aliphatic heterocycles. The van der Waals surface area contributed by atoms with E-state index in [4.69, 9.17) is 4.98 Å². The van der Waals surface area contributed by atoms with Crippen LogP contribution in [-0.2, 0) is 11.2 Å². The number of aromatic nitrogens is 2. The molecule has 1 amide bonds. The molecule has 0 spiro atoms. The molecule has 2 heterocycles. The maximum absolute atomic E-state index is 12.5. The highest BCUT2D eigenvalue weighted by molar-refractivity contribution is 5.80. The number of benzene rings is 2. The molecule has 2 aromatic carbocycles. The molecule has 3 aromatic rings. The van der Waals surface area contributed by atoms with Gasteiger partial charge in [-0.1, -0.05) is 61.7 Å². The van der Waals surface area contributed by atoms with Crippen molar-refractivity contribution >= 4 is 22.9 Å². The topological polar surface area (TPSA) is 50.2 Å². The van der Waals surface area contributed by atoms with Gasteiger partial charge in [-0.15, -0.1) is 0 Å². The summed E-state index contributed by atoms with van der Waals surface area (Å²) in [6.45, 7) is 1.87. The third-order valence-corrected chi connectivity index (χ3v) is 6.87. The predicted molar refractivity (Wildman–Crippen MR) is 125 cm³/mol. The number of hydrogen-bond acceptors (Lipinski definition) is 3. The van der Waals surface area contributed by atoms with E-state index < -0.39 is 0 Å². The number of nitrogens with one attached hydrogen (secondary N) is 1. The second-order valence-corrected chi connectivity index (χ2v) is 9.05. The van der Waals surface area contributed by atoms with Crippen LogP contribution in [0, 0.1) is 0 Å². The third-order valence-electron chi connectivity index (χ3n) is 6.87. The molecule has 0 atom stereocenters. The molecular weight excluding hydrogens is 384 g/mol. The summed E-state index contributed by atoms with van der Waals surface area (Å²) in [4.78, 5) is 20.0. The van der Waals surface area contributed by atoms with E-state index in [2.05, 4.69) is 39.0 Å². The lowest BCUT2D eigenvalue weighted by Gasteiger charge is -2.35. The Hall–Kier alpha value is -2.82. The third kappa shape index (κ3) is 4.46. The molecule has 0 unspecified atom stereocenters. The molecule has 2 aliphatic rings. The fourth-order valence-corrected chi connectivity index (χ4v) is 5.24. The smallest absolute Gasteiger partial charge is 0.224 e. The maximum atomic E-state index is 12.5. The molecule has 2 fully saturated rings. The quantitative estimate of drug-likeness (QED) is 0.646. The first kappa shape index (κ1) is 20.1. The van der Waals surface area contributed by atoms with E-state index in [1.807, 2.05) is 30.3 Å². The van der Waals surface area contributed by atoms with Crippen molar-refractivity contribution in [3.63, 3.8) is 0 Å². The van der Waals surface area contributed by atoms with Crippen molar-refractivity contribution in [2.75, 3.05) is 18.0 Å². The average molecular weight is 417 g/mol. The highest BCUT2D eigenvalue weighted by atomic mass is 16.1. The lowest BCUT2D eigenvalue weighted by atomic mass is 9.95. The summed E-state index contributed by atoms with van der Waals surface area (Å²) in [6.07, 6.45) is 8.87. The molecule has 0 radical (unpaired) electrons. The van der Waals surface area contributed by atoms with Gasteiger partial charge in [0.1, 0.15) is 0 Å². The van der Waals surface area contributed by atoms with Crippen LogP contribution >= 0.6 is 0 Å². The number of nitrogens with zero attached hydrogens (tertiary/aromatic N) is 3. The largest absolute Gasteiger partial charge is 0.353 e. The van der Waals surface area contributed by atoms with Gasteiger partial charge in [0.25, 0.3) is 0 Å². The highest BCUT2D eigenvalue weighted by Crippen LogP contribution is 2.36. The molecule has 1 saturated heterocycles. The molecule has 1 aliphatic carbocycles. The second kappa shape index (κ2) is 9.13. The maximum Gasteiger partial charge on any atom is 0.224 e. The first-order valence-electron chi connectivity index (χ1n) is 11.8. The zero-order chi connectivity index (χ0) is 21.0. The van der Waals surface area contributed by atoms with Crippen LogP contribution in [0.5, 0.6) is 0 Å². The van der Waals surface area contributed by atoms with Crippen molar-refractivity contribution in [3.05, 3.63) is 60.2 Å². The fourth-order valence-electron chi connectivity index (χ4n) is 5.24. The van der Waals surface area contributed by atoms with Gasteiger partial charge < -0.3 is 14.8 Å². The molecular formula is C26H32N4O. The molecule has 1 N–H and O–H groups in total. The van der Waals surface area contributed by atoms with Crippen LogP contribution in [0.3, 0.4) is 0 Å². The first-order valence-corrected chi connectivity index (χ1v) is 11.8. The van der Waals surface area contributed by atoms with E-state index in [0.717, 1.165) is 43.0 Å². The van der Waals surface area contributed by atoms with Crippen LogP contribution in [-0.4, -0.2) is 34.6 Å². The number of piperidine rings is 1. The van der Waals surface area contributed by atoms with Gasteiger partial charge in [-0.25, -0.2) is 4.98 Å². The van der Waals surface area contributed by atoms with E-state index >= 15 is 0 Å². The van der Waals surface area contributed by atoms with Crippen molar-refractivity contribution < 1.29 is 4.79 Å². The van der Waals surface area contributed by atoms with Gasteiger partial charge >= 0.3 is 0 Å². The Bertz CT molecular complexity index is 1010. The molecule has 5 heteroatoms. The normalized spacial score (nSPS) is 18.4. The summed E-state index contributed by atoms with van der Waals surface area (Å²) in [5.74, 6) is 1.25. The Morgan fingerprint density at radius 1 is 0.903 bits per heavy atom. The summed E-state index contributed by atoms with van der Waals surface area (Å²) < 4.78 is 2.52. The van der Waals surface area contributed by atoms with Crippen molar-refractivity contribution in [2.45, 2.75) is 63.5 Å². The molecule has 0 bridgehead atoms. The number of rotatable bonds is 5. The Labute approximate surface area is 184 Å². The van der Waals surface area contributed by atoms with Crippen molar-refractivity contribution in [1.29, 1.82) is 0 Å². The van der Waals surface area contributed by atoms with E-state index in [1.54, 1.807) is 0 Å². The average Bonchev–Trinajstić information content (AvgIpc) is 3.20. The molecule has 31 heavy (non-hydrogen) atoms. The van der Waals surface area contributed by atoms with Gasteiger partial charge in [0, 0.05) is 25.2 Å². The summed E-state index contributed by atoms with van der Waals surface area (Å²) in [5.41, 5.74) is 3.43. The van der Waals surface area contributed by atoms with Crippen LogP contribution in [0.25, 0.3) is 11.0 Å². The van der Waals surface area contributed by atoms with Crippen molar-refractivity contribution in [1.82, 2.24) is 14.9 Å². The van der Waals surface area contributed by atoms with Gasteiger partial charge in [0.05, 0.1) is 17.5 Å². The van der Waals surface area contributed by atoms with Crippen LogP contribution in [0.2, 0.25) is 0 Å². The van der Waals surface area contributed by atoms with Gasteiger partial charge in [0.2, 0.25) is 11.9 Å². The van der Waals surface area contributed by atoms with Gasteiger partial charge in [-0.3, -0.25) is 4.79 Å². The number of para-hydroxylation sites is 2. The summed E-state index contributed by atoms with van der Waals surface area (Å²) in [7, 11) is 0. The first-order chi connectivity index (χ1) is 15.3. The Kier molecular flexibility index (Phi) is 5.92. The molecule has 5 nitrogen and oxygen atoms in total. The van der Waals surface area contributed by atoms with Crippen LogP contribution in [0.1, 0.15) is 56.6 Å². The number of amides is 1. The summed E-state index contributed by atoms with van der Waals surface area (Å²) >= 11 is 0. The van der Waals surface area contributed by atoms with Crippen molar-refractivity contribution in [2.24, 2.45) is 0 Å². The van der Waals surface area contributed by atoms with Crippen LogP contribution in [0.4, 0.5) is 5.95 Å². The van der Waals surface area contributed by atoms with Gasteiger partial charge in [-0.2, -0.15) is 0 Å². The van der Waals surface area contributed by atoms with Crippen LogP contribution in [0.15, 0.2) is 54.6 Å². The number of carbonyl (C=O) groups is 1. The standard InChI is InChI=1S/C26H32N4O/c31-25(19-20-9-3-1-4-10-20)27-21-15-17-29(18-16-21)26-28-23-13-7-8-14-24(23)30(26)22-11-5-2-6-12-22/h1,3-4,7-10,13-14,21-22H,2,5-6,11-12,15-19H2,(H,27,31). The van der Waals surface area contributed by atoms with Crippen molar-refractivity contribution in [3.8, 4) is 0 Å². The number of hydrogen-bond donors (Lipinski definition) is 1. The molecule has 5 rings (SSSR count). The number of anilines is 1. The minimum atomic E-state index is 0.124. The zero-order valence-corrected chi connectivity index (χ0v) is 18.2. The van der Waals surface area contributed by atoms with Gasteiger partial charge in [0.15, 0.2) is 0 Å². The minimum absolute atomic E-state index is 0.124. The lowest BCUT2D eigenvalue weighted by molar-refractivity contribution is -0.121. The second-order valence-electron chi connectivity index (χ2n) is 9.05. The Balaban J connectivity index is 1.26. The Morgan fingerprint density at radius 2 is 1.61 bits per heavy atom. The lowest BCUT2D eigenvalue weighted by Crippen LogP contribution is -2.46. The molecule has 1 saturated carbocycles. The summed E-state index contributed by atoms with van der Waals surface area (Å²) in [6, 6.07) is 19.3. The van der Waals surface area contributed by atoms with E-state index in [1.165, 1.54) is 37.6 Å². The van der Waals surface area contributed by atoms with E-state index in [-0.39, 0.29) is 11.9 Å². The number of fused-ring (bicyclic) bond motifs is 1. The van der Waals surface area contributed by atoms with Gasteiger partial charge in [-0.05, 0) is 43.4 Å². The monoisotopic (exact) mass is 416 g/mol. The SMILES string of the molecule is O=C(Cc1ccccc1)NC1CCN(c2nc3ccccc3n2C2CCCCC2)CC1. The summed E-state index contributed by atoms with van der Waals surface area (Å²) in [5, 5.41) is 3.25.